The number of hydrogen-bond donors (Lipinski definition) is 1. The summed E-state index contributed by atoms with van der Waals surface area (Å²) in [5.74, 6) is 1.23. The van der Waals surface area contributed by atoms with Crippen molar-refractivity contribution in [3.05, 3.63) is 69.7 Å². The molecule has 2 heterocycles. The molecule has 0 radical (unpaired) electrons. The highest BCUT2D eigenvalue weighted by atomic mass is 35.5. The normalized spacial score (nSPS) is 20.5. The van der Waals surface area contributed by atoms with E-state index in [1.807, 2.05) is 24.3 Å². The van der Waals surface area contributed by atoms with Crippen molar-refractivity contribution in [2.45, 2.75) is 45.2 Å². The van der Waals surface area contributed by atoms with Crippen LogP contribution in [0, 0.1) is 11.8 Å². The van der Waals surface area contributed by atoms with E-state index in [9.17, 15) is 4.79 Å². The second kappa shape index (κ2) is 11.2. The van der Waals surface area contributed by atoms with Gasteiger partial charge in [0.25, 0.3) is 0 Å². The van der Waals surface area contributed by atoms with Gasteiger partial charge in [0, 0.05) is 42.1 Å². The van der Waals surface area contributed by atoms with Crippen molar-refractivity contribution in [3.8, 4) is 0 Å². The molecule has 1 amide bonds. The third-order valence-corrected chi connectivity index (χ3v) is 7.70. The van der Waals surface area contributed by atoms with Crippen molar-refractivity contribution in [2.24, 2.45) is 11.8 Å². The molecular weight excluding hydrogens is 453 g/mol. The lowest BCUT2D eigenvalue weighted by Gasteiger charge is -2.46. The smallest absolute Gasteiger partial charge is 0.223 e. The van der Waals surface area contributed by atoms with E-state index in [0.29, 0.717) is 24.2 Å². The van der Waals surface area contributed by atoms with Gasteiger partial charge >= 0.3 is 0 Å². The molecule has 2 saturated heterocycles. The second-order valence-electron chi connectivity index (χ2n) is 9.80. The Morgan fingerprint density at radius 1 is 0.939 bits per heavy atom. The Balaban J connectivity index is 1.55. The average molecular weight is 489 g/mol. The van der Waals surface area contributed by atoms with Gasteiger partial charge in [-0.25, -0.2) is 0 Å². The first-order valence-corrected chi connectivity index (χ1v) is 12.9. The Bertz CT molecular complexity index is 864. The fourth-order valence-electron chi connectivity index (χ4n) is 5.30. The van der Waals surface area contributed by atoms with Crippen molar-refractivity contribution in [2.75, 3.05) is 32.7 Å². The minimum Gasteiger partial charge on any atom is -0.337 e. The highest BCUT2D eigenvalue weighted by molar-refractivity contribution is 6.30. The van der Waals surface area contributed by atoms with Gasteiger partial charge in [-0.3, -0.25) is 9.69 Å². The van der Waals surface area contributed by atoms with E-state index in [2.05, 4.69) is 53.2 Å². The van der Waals surface area contributed by atoms with Crippen LogP contribution in [-0.4, -0.2) is 54.5 Å². The van der Waals surface area contributed by atoms with Gasteiger partial charge in [-0.1, -0.05) is 61.3 Å². The largest absolute Gasteiger partial charge is 0.337 e. The van der Waals surface area contributed by atoms with Crippen molar-refractivity contribution in [3.63, 3.8) is 0 Å². The number of hydrogen-bond acceptors (Lipinski definition) is 3. The third kappa shape index (κ3) is 6.10. The van der Waals surface area contributed by atoms with Crippen molar-refractivity contribution < 1.29 is 4.79 Å². The van der Waals surface area contributed by atoms with Crippen LogP contribution in [0.25, 0.3) is 0 Å². The van der Waals surface area contributed by atoms with Crippen molar-refractivity contribution in [1.29, 1.82) is 0 Å². The summed E-state index contributed by atoms with van der Waals surface area (Å²) in [4.78, 5) is 18.0. The number of nitrogens with zero attached hydrogens (tertiary/aromatic N) is 2. The highest BCUT2D eigenvalue weighted by Gasteiger charge is 2.36. The number of nitrogens with one attached hydrogen (secondary N) is 1. The third-order valence-electron chi connectivity index (χ3n) is 7.20. The molecule has 2 fully saturated rings. The summed E-state index contributed by atoms with van der Waals surface area (Å²) in [7, 11) is 0. The molecule has 0 bridgehead atoms. The lowest BCUT2D eigenvalue weighted by molar-refractivity contribution is -0.139. The Kier molecular flexibility index (Phi) is 8.34. The molecule has 0 aromatic heterocycles. The lowest BCUT2D eigenvalue weighted by atomic mass is 9.91. The minimum absolute atomic E-state index is 0.0995. The Hall–Kier alpha value is -1.59. The fourth-order valence-corrected chi connectivity index (χ4v) is 5.55. The average Bonchev–Trinajstić information content (AvgIpc) is 2.82. The van der Waals surface area contributed by atoms with Crippen LogP contribution in [0.5, 0.6) is 0 Å². The monoisotopic (exact) mass is 487 g/mol. The standard InChI is InChI=1S/C27H35Cl2N3O/c1-19(2)25-18-31(15-16-32(25)26(33)17-20-11-13-30-14-12-20)27(21-3-7-23(28)8-4-21)22-5-9-24(29)10-6-22/h3-10,19-20,25,27,30H,11-18H2,1-2H3/t25-/m1/s1. The number of piperidine rings is 1. The molecule has 0 unspecified atom stereocenters. The molecule has 1 atom stereocenters. The van der Waals surface area contributed by atoms with Crippen LogP contribution in [0.2, 0.25) is 10.0 Å². The predicted molar refractivity (Wildman–Crippen MR) is 137 cm³/mol. The molecular formula is C27H35Cl2N3O. The molecule has 2 aromatic rings. The molecule has 2 aromatic carbocycles. The molecule has 0 aliphatic carbocycles. The van der Waals surface area contributed by atoms with Gasteiger partial charge < -0.3 is 10.2 Å². The maximum absolute atomic E-state index is 13.3. The Morgan fingerprint density at radius 3 is 2.00 bits per heavy atom. The van der Waals surface area contributed by atoms with Crippen LogP contribution in [0.15, 0.2) is 48.5 Å². The minimum atomic E-state index is 0.0995. The van der Waals surface area contributed by atoms with Gasteiger partial charge in [0.05, 0.1) is 6.04 Å². The maximum Gasteiger partial charge on any atom is 0.223 e. The Morgan fingerprint density at radius 2 is 1.48 bits per heavy atom. The van der Waals surface area contributed by atoms with Crippen molar-refractivity contribution >= 4 is 29.1 Å². The quantitative estimate of drug-likeness (QED) is 0.572. The van der Waals surface area contributed by atoms with E-state index >= 15 is 0 Å². The molecule has 2 aliphatic rings. The van der Waals surface area contributed by atoms with Gasteiger partial charge in [0.15, 0.2) is 0 Å². The van der Waals surface area contributed by atoms with Crippen LogP contribution in [0.3, 0.4) is 0 Å². The summed E-state index contributed by atoms with van der Waals surface area (Å²) in [6, 6.07) is 16.6. The molecule has 6 heteroatoms. The SMILES string of the molecule is CC(C)[C@H]1CN(C(c2ccc(Cl)cc2)c2ccc(Cl)cc2)CCN1C(=O)CC1CCNCC1. The van der Waals surface area contributed by atoms with Crippen LogP contribution < -0.4 is 5.32 Å². The van der Waals surface area contributed by atoms with Crippen LogP contribution >= 0.6 is 23.2 Å². The van der Waals surface area contributed by atoms with Gasteiger partial charge in [0.2, 0.25) is 5.91 Å². The number of halogens is 2. The summed E-state index contributed by atoms with van der Waals surface area (Å²) in [6.07, 6.45) is 2.89. The summed E-state index contributed by atoms with van der Waals surface area (Å²) in [6.45, 7) is 9.00. The number of benzene rings is 2. The molecule has 1 N–H and O–H groups in total. The number of carbonyl (C=O) groups excluding carboxylic acids is 1. The first kappa shape index (κ1) is 24.5. The van der Waals surface area contributed by atoms with E-state index in [0.717, 1.165) is 55.6 Å². The van der Waals surface area contributed by atoms with Crippen LogP contribution in [0.1, 0.15) is 50.3 Å². The van der Waals surface area contributed by atoms with Gasteiger partial charge in [-0.15, -0.1) is 0 Å². The van der Waals surface area contributed by atoms with E-state index in [1.54, 1.807) is 0 Å². The fraction of sp³-hybridized carbons (Fsp3) is 0.519. The highest BCUT2D eigenvalue weighted by Crippen LogP contribution is 2.34. The second-order valence-corrected chi connectivity index (χ2v) is 10.7. The summed E-state index contributed by atoms with van der Waals surface area (Å²) in [5.41, 5.74) is 2.41. The van der Waals surface area contributed by atoms with Crippen molar-refractivity contribution in [1.82, 2.24) is 15.1 Å². The molecule has 178 valence electrons. The zero-order valence-electron chi connectivity index (χ0n) is 19.6. The topological polar surface area (TPSA) is 35.6 Å². The first-order chi connectivity index (χ1) is 15.9. The zero-order valence-corrected chi connectivity index (χ0v) is 21.2. The zero-order chi connectivity index (χ0) is 23.4. The number of amides is 1. The van der Waals surface area contributed by atoms with Gasteiger partial charge in [-0.2, -0.15) is 0 Å². The Labute approximate surface area is 208 Å². The molecule has 0 spiro atoms. The first-order valence-electron chi connectivity index (χ1n) is 12.2. The van der Waals surface area contributed by atoms with E-state index in [1.165, 1.54) is 11.1 Å². The summed E-state index contributed by atoms with van der Waals surface area (Å²) >= 11 is 12.4. The number of carbonyl (C=O) groups is 1. The molecule has 33 heavy (non-hydrogen) atoms. The van der Waals surface area contributed by atoms with Gasteiger partial charge in [0.1, 0.15) is 0 Å². The lowest BCUT2D eigenvalue weighted by Crippen LogP contribution is -2.58. The van der Waals surface area contributed by atoms with E-state index in [-0.39, 0.29) is 12.1 Å². The summed E-state index contributed by atoms with van der Waals surface area (Å²) < 4.78 is 0. The molecule has 0 saturated carbocycles. The predicted octanol–water partition coefficient (Wildman–Crippen LogP) is 5.64. The molecule has 2 aliphatic heterocycles. The molecule has 4 rings (SSSR count). The number of rotatable bonds is 6. The van der Waals surface area contributed by atoms with Gasteiger partial charge in [-0.05, 0) is 73.2 Å². The van der Waals surface area contributed by atoms with Crippen LogP contribution in [-0.2, 0) is 4.79 Å². The van der Waals surface area contributed by atoms with Crippen LogP contribution in [0.4, 0.5) is 0 Å². The number of piperazine rings is 1. The van der Waals surface area contributed by atoms with E-state index in [4.69, 9.17) is 23.2 Å². The molecule has 4 nitrogen and oxygen atoms in total. The van der Waals surface area contributed by atoms with E-state index < -0.39 is 0 Å². The maximum atomic E-state index is 13.3. The summed E-state index contributed by atoms with van der Waals surface area (Å²) in [5, 5.41) is 4.88.